The minimum atomic E-state index is -0.353. The molecule has 0 saturated heterocycles. The van der Waals surface area contributed by atoms with E-state index in [1.165, 1.54) is 105 Å². The minimum absolute atomic E-state index is 0.353. The second kappa shape index (κ2) is 12.4. The molecule has 1 spiro atoms. The quantitative estimate of drug-likeness (QED) is 0.168. The Balaban J connectivity index is 0.971. The zero-order valence-electron chi connectivity index (χ0n) is 33.6. The van der Waals surface area contributed by atoms with E-state index < -0.39 is 0 Å². The third-order valence-corrected chi connectivity index (χ3v) is 13.8. The van der Waals surface area contributed by atoms with E-state index >= 15 is 0 Å². The molecule has 2 nitrogen and oxygen atoms in total. The molecular weight excluding hydrogens is 713 g/mol. The molecule has 0 unspecified atom stereocenters. The number of hydrogen-bond donors (Lipinski definition) is 0. The van der Waals surface area contributed by atoms with Crippen LogP contribution in [0.1, 0.15) is 44.5 Å². The largest absolute Gasteiger partial charge is 0.254 e. The van der Waals surface area contributed by atoms with E-state index in [0.29, 0.717) is 0 Å². The highest BCUT2D eigenvalue weighted by atomic mass is 14.8. The lowest BCUT2D eigenvalue weighted by Crippen LogP contribution is -2.25. The van der Waals surface area contributed by atoms with E-state index in [1.54, 1.807) is 0 Å². The van der Waals surface area contributed by atoms with Crippen LogP contribution in [0.25, 0.3) is 88.3 Å². The predicted octanol–water partition coefficient (Wildman–Crippen LogP) is 14.5. The average Bonchev–Trinajstić information content (AvgIpc) is 3.75. The molecule has 2 heterocycles. The van der Waals surface area contributed by atoms with E-state index in [1.807, 2.05) is 6.20 Å². The number of aromatic nitrogens is 2. The van der Waals surface area contributed by atoms with Gasteiger partial charge in [-0.3, -0.25) is 4.98 Å². The number of pyridine rings is 2. The fourth-order valence-electron chi connectivity index (χ4n) is 10.6. The van der Waals surface area contributed by atoms with E-state index in [-0.39, 0.29) is 5.41 Å². The molecule has 12 rings (SSSR count). The Morgan fingerprint density at radius 2 is 0.847 bits per heavy atom. The third kappa shape index (κ3) is 4.57. The van der Waals surface area contributed by atoms with Crippen LogP contribution in [0.5, 0.6) is 0 Å². The van der Waals surface area contributed by atoms with Gasteiger partial charge in [-0.2, -0.15) is 0 Å². The Kier molecular flexibility index (Phi) is 7.14. The standard InChI is InChI=1S/C57H40N2/c1-33-32-58-55-40(34(33)2)27-28-41-35(3)36(4)54(59-56(41)55)49-30-29-42(43-13-5-6-14-44(43)49)38-23-21-37(22-24-38)39-25-26-48-47-17-9-12-20-52(47)57(53(48)31-39)50-18-10-7-15-45(50)46-16-8-11-19-51(46)57/h5-32H,1-4H3. The molecule has 2 heteroatoms. The molecule has 8 aromatic carbocycles. The van der Waals surface area contributed by atoms with Crippen molar-refractivity contribution in [3.8, 4) is 55.8 Å². The molecule has 0 amide bonds. The summed E-state index contributed by atoms with van der Waals surface area (Å²) in [5.41, 5.74) is 24.3. The van der Waals surface area contributed by atoms with Crippen LogP contribution in [0, 0.1) is 27.7 Å². The van der Waals surface area contributed by atoms with Gasteiger partial charge in [0.1, 0.15) is 0 Å². The van der Waals surface area contributed by atoms with Gasteiger partial charge in [-0.25, -0.2) is 4.98 Å². The second-order valence-corrected chi connectivity index (χ2v) is 16.6. The first-order chi connectivity index (χ1) is 28.9. The fraction of sp³-hybridized carbons (Fsp3) is 0.0877. The summed E-state index contributed by atoms with van der Waals surface area (Å²) in [6.07, 6.45) is 1.98. The summed E-state index contributed by atoms with van der Waals surface area (Å²) in [7, 11) is 0. The lowest BCUT2D eigenvalue weighted by atomic mass is 9.70. The summed E-state index contributed by atoms with van der Waals surface area (Å²) >= 11 is 0. The molecule has 0 atom stereocenters. The monoisotopic (exact) mass is 752 g/mol. The van der Waals surface area contributed by atoms with Crippen molar-refractivity contribution in [3.05, 3.63) is 214 Å². The molecule has 0 radical (unpaired) electrons. The van der Waals surface area contributed by atoms with Gasteiger partial charge in [-0.05, 0) is 134 Å². The first-order valence-corrected chi connectivity index (χ1v) is 20.7. The summed E-state index contributed by atoms with van der Waals surface area (Å²) in [6, 6.07) is 61.2. The van der Waals surface area contributed by atoms with Gasteiger partial charge in [-0.15, -0.1) is 0 Å². The molecular formula is C57H40N2. The van der Waals surface area contributed by atoms with Crippen LogP contribution >= 0.6 is 0 Å². The van der Waals surface area contributed by atoms with Crippen molar-refractivity contribution >= 4 is 32.6 Å². The number of aryl methyl sites for hydroxylation is 3. The van der Waals surface area contributed by atoms with E-state index in [0.717, 1.165) is 27.7 Å². The highest BCUT2D eigenvalue weighted by molar-refractivity contribution is 6.09. The van der Waals surface area contributed by atoms with Crippen LogP contribution in [0.3, 0.4) is 0 Å². The summed E-state index contributed by atoms with van der Waals surface area (Å²) in [6.45, 7) is 8.74. The van der Waals surface area contributed by atoms with Crippen molar-refractivity contribution in [1.82, 2.24) is 9.97 Å². The first-order valence-electron chi connectivity index (χ1n) is 20.7. The zero-order valence-corrected chi connectivity index (χ0v) is 33.6. The van der Waals surface area contributed by atoms with Crippen LogP contribution in [0.4, 0.5) is 0 Å². The number of hydrogen-bond acceptors (Lipinski definition) is 2. The van der Waals surface area contributed by atoms with Gasteiger partial charge in [0.15, 0.2) is 0 Å². The van der Waals surface area contributed by atoms with E-state index in [9.17, 15) is 0 Å². The fourth-order valence-corrected chi connectivity index (χ4v) is 10.6. The predicted molar refractivity (Wildman–Crippen MR) is 246 cm³/mol. The molecule has 2 aliphatic rings. The van der Waals surface area contributed by atoms with Crippen molar-refractivity contribution in [3.63, 3.8) is 0 Å². The molecule has 0 bridgehead atoms. The Bertz CT molecular complexity index is 3360. The molecule has 0 aliphatic heterocycles. The minimum Gasteiger partial charge on any atom is -0.254 e. The number of benzene rings is 8. The second-order valence-electron chi connectivity index (χ2n) is 16.6. The van der Waals surface area contributed by atoms with Gasteiger partial charge in [0.25, 0.3) is 0 Å². The number of fused-ring (bicyclic) bond motifs is 14. The van der Waals surface area contributed by atoms with Gasteiger partial charge in [0.2, 0.25) is 0 Å². The molecule has 278 valence electrons. The molecule has 59 heavy (non-hydrogen) atoms. The molecule has 0 saturated carbocycles. The van der Waals surface area contributed by atoms with Crippen LogP contribution in [-0.2, 0) is 5.41 Å². The Hall–Kier alpha value is -7.16. The smallest absolute Gasteiger partial charge is 0.0975 e. The average molecular weight is 753 g/mol. The van der Waals surface area contributed by atoms with Gasteiger partial charge in [0, 0.05) is 22.5 Å². The highest BCUT2D eigenvalue weighted by Crippen LogP contribution is 2.63. The van der Waals surface area contributed by atoms with Gasteiger partial charge in [0.05, 0.1) is 22.1 Å². The Morgan fingerprint density at radius 1 is 0.356 bits per heavy atom. The maximum atomic E-state index is 5.43. The van der Waals surface area contributed by atoms with Crippen LogP contribution in [0.15, 0.2) is 170 Å². The van der Waals surface area contributed by atoms with Crippen LogP contribution in [0.2, 0.25) is 0 Å². The number of rotatable bonds is 3. The molecule has 0 N–H and O–H groups in total. The normalized spacial score (nSPS) is 13.2. The highest BCUT2D eigenvalue weighted by Gasteiger charge is 2.51. The van der Waals surface area contributed by atoms with Gasteiger partial charge < -0.3 is 0 Å². The molecule has 2 aliphatic carbocycles. The maximum Gasteiger partial charge on any atom is 0.0975 e. The molecule has 2 aromatic heterocycles. The lowest BCUT2D eigenvalue weighted by molar-refractivity contribution is 0.794. The molecule has 10 aromatic rings. The summed E-state index contributed by atoms with van der Waals surface area (Å²) < 4.78 is 0. The van der Waals surface area contributed by atoms with Crippen molar-refractivity contribution in [2.45, 2.75) is 33.1 Å². The maximum absolute atomic E-state index is 5.43. The van der Waals surface area contributed by atoms with E-state index in [2.05, 4.69) is 191 Å². The summed E-state index contributed by atoms with van der Waals surface area (Å²) in [5.74, 6) is 0. The summed E-state index contributed by atoms with van der Waals surface area (Å²) in [4.78, 5) is 10.4. The van der Waals surface area contributed by atoms with Crippen LogP contribution in [-0.4, -0.2) is 9.97 Å². The number of nitrogens with zero attached hydrogens (tertiary/aromatic N) is 2. The van der Waals surface area contributed by atoms with E-state index in [4.69, 9.17) is 9.97 Å². The first kappa shape index (κ1) is 33.9. The van der Waals surface area contributed by atoms with Crippen molar-refractivity contribution in [2.24, 2.45) is 0 Å². The zero-order chi connectivity index (χ0) is 39.6. The van der Waals surface area contributed by atoms with Crippen molar-refractivity contribution in [1.29, 1.82) is 0 Å². The van der Waals surface area contributed by atoms with Crippen molar-refractivity contribution in [2.75, 3.05) is 0 Å². The lowest BCUT2D eigenvalue weighted by Gasteiger charge is -2.30. The SMILES string of the molecule is Cc1cnc2c(ccc3c(C)c(C)c(-c4ccc(-c5ccc(-c6ccc7c(c6)C6(c8ccccc8-c8ccccc86)c6ccccc6-7)cc5)c5ccccc45)nc32)c1C. The Morgan fingerprint density at radius 3 is 1.49 bits per heavy atom. The molecule has 0 fully saturated rings. The van der Waals surface area contributed by atoms with Crippen molar-refractivity contribution < 1.29 is 0 Å². The van der Waals surface area contributed by atoms with Crippen LogP contribution < -0.4 is 0 Å². The summed E-state index contributed by atoms with van der Waals surface area (Å²) in [5, 5.41) is 4.75. The topological polar surface area (TPSA) is 25.8 Å². The Labute approximate surface area is 344 Å². The third-order valence-electron chi connectivity index (χ3n) is 13.8. The van der Waals surface area contributed by atoms with Gasteiger partial charge >= 0.3 is 0 Å². The van der Waals surface area contributed by atoms with Gasteiger partial charge in [-0.1, -0.05) is 158 Å².